The fourth-order valence-corrected chi connectivity index (χ4v) is 5.02. The number of benzene rings is 1. The molecule has 1 aromatic carbocycles. The van der Waals surface area contributed by atoms with E-state index in [1.807, 2.05) is 28.9 Å². The number of H-pyrrole nitrogens is 1. The molecule has 2 aliphatic rings. The first-order chi connectivity index (χ1) is 13.9. The van der Waals surface area contributed by atoms with Gasteiger partial charge in [0.15, 0.2) is 0 Å². The third-order valence-corrected chi connectivity index (χ3v) is 6.45. The predicted octanol–water partition coefficient (Wildman–Crippen LogP) is 2.54. The number of aryl methyl sites for hydroxylation is 2. The summed E-state index contributed by atoms with van der Waals surface area (Å²) in [6, 6.07) is 11.2. The SMILES string of the molecule is CCc1[nH]c(=O)ccc1C(=O)N1C[C@@H]2CN(C(C)=O)[C@@H](c3ccccc3C)[C@@H]2C1. The smallest absolute Gasteiger partial charge is 0.255 e. The van der Waals surface area contributed by atoms with Crippen LogP contribution >= 0.6 is 0 Å². The van der Waals surface area contributed by atoms with Crippen molar-refractivity contribution in [1.29, 1.82) is 0 Å². The van der Waals surface area contributed by atoms with E-state index >= 15 is 0 Å². The number of aromatic nitrogens is 1. The Labute approximate surface area is 170 Å². The number of hydrogen-bond donors (Lipinski definition) is 1. The highest BCUT2D eigenvalue weighted by molar-refractivity contribution is 5.95. The Morgan fingerprint density at radius 1 is 1.10 bits per heavy atom. The Hall–Kier alpha value is -2.89. The normalized spacial score (nSPS) is 23.3. The molecule has 0 unspecified atom stereocenters. The first-order valence-corrected chi connectivity index (χ1v) is 10.2. The van der Waals surface area contributed by atoms with Crippen LogP contribution in [0.15, 0.2) is 41.2 Å². The maximum Gasteiger partial charge on any atom is 0.255 e. The van der Waals surface area contributed by atoms with Crippen molar-refractivity contribution in [2.75, 3.05) is 19.6 Å². The average molecular weight is 393 g/mol. The lowest BCUT2D eigenvalue weighted by molar-refractivity contribution is -0.130. The lowest BCUT2D eigenvalue weighted by Gasteiger charge is -2.30. The lowest BCUT2D eigenvalue weighted by Crippen LogP contribution is -2.37. The minimum atomic E-state index is -0.187. The molecule has 2 aromatic rings. The summed E-state index contributed by atoms with van der Waals surface area (Å²) in [5.41, 5.74) is 3.41. The number of rotatable bonds is 3. The van der Waals surface area contributed by atoms with Gasteiger partial charge in [-0.05, 0) is 30.5 Å². The van der Waals surface area contributed by atoms with Crippen molar-refractivity contribution < 1.29 is 9.59 Å². The van der Waals surface area contributed by atoms with Crippen LogP contribution in [0.5, 0.6) is 0 Å². The Bertz CT molecular complexity index is 1010. The van der Waals surface area contributed by atoms with Crippen LogP contribution in [0.4, 0.5) is 0 Å². The maximum absolute atomic E-state index is 13.2. The van der Waals surface area contributed by atoms with Crippen LogP contribution in [-0.2, 0) is 11.2 Å². The lowest BCUT2D eigenvalue weighted by atomic mass is 9.87. The Morgan fingerprint density at radius 2 is 1.86 bits per heavy atom. The molecule has 2 amide bonds. The molecular weight excluding hydrogens is 366 g/mol. The van der Waals surface area contributed by atoms with Gasteiger partial charge in [0, 0.05) is 50.2 Å². The molecule has 6 heteroatoms. The molecule has 0 saturated carbocycles. The van der Waals surface area contributed by atoms with Gasteiger partial charge in [-0.1, -0.05) is 31.2 Å². The highest BCUT2D eigenvalue weighted by Crippen LogP contribution is 2.46. The van der Waals surface area contributed by atoms with E-state index in [-0.39, 0.29) is 35.3 Å². The Morgan fingerprint density at radius 3 is 2.55 bits per heavy atom. The van der Waals surface area contributed by atoms with Gasteiger partial charge in [0.25, 0.3) is 5.91 Å². The van der Waals surface area contributed by atoms with E-state index in [1.165, 1.54) is 17.2 Å². The van der Waals surface area contributed by atoms with Gasteiger partial charge < -0.3 is 14.8 Å². The molecule has 3 atom stereocenters. The van der Waals surface area contributed by atoms with Crippen molar-refractivity contribution in [1.82, 2.24) is 14.8 Å². The summed E-state index contributed by atoms with van der Waals surface area (Å²) >= 11 is 0. The van der Waals surface area contributed by atoms with Gasteiger partial charge >= 0.3 is 0 Å². The van der Waals surface area contributed by atoms with Crippen LogP contribution in [0.1, 0.15) is 47.1 Å². The average Bonchev–Trinajstić information content (AvgIpc) is 3.26. The van der Waals surface area contributed by atoms with Gasteiger partial charge in [0.2, 0.25) is 11.5 Å². The molecule has 2 saturated heterocycles. The third kappa shape index (κ3) is 3.37. The summed E-state index contributed by atoms with van der Waals surface area (Å²) in [5.74, 6) is 0.530. The van der Waals surface area contributed by atoms with Crippen molar-refractivity contribution >= 4 is 11.8 Å². The number of carbonyl (C=O) groups is 2. The van der Waals surface area contributed by atoms with Crippen LogP contribution in [0.2, 0.25) is 0 Å². The molecule has 152 valence electrons. The first-order valence-electron chi connectivity index (χ1n) is 10.2. The Balaban J connectivity index is 1.63. The monoisotopic (exact) mass is 393 g/mol. The molecule has 6 nitrogen and oxygen atoms in total. The summed E-state index contributed by atoms with van der Waals surface area (Å²) in [5, 5.41) is 0. The maximum atomic E-state index is 13.2. The largest absolute Gasteiger partial charge is 0.338 e. The van der Waals surface area contributed by atoms with E-state index in [0.717, 1.165) is 0 Å². The van der Waals surface area contributed by atoms with Gasteiger partial charge in [-0.3, -0.25) is 14.4 Å². The number of nitrogens with zero attached hydrogens (tertiary/aromatic N) is 2. The minimum absolute atomic E-state index is 0.00211. The fraction of sp³-hybridized carbons (Fsp3) is 0.435. The number of aromatic amines is 1. The van der Waals surface area contributed by atoms with Crippen molar-refractivity contribution in [2.24, 2.45) is 11.8 Å². The number of likely N-dealkylation sites (tertiary alicyclic amines) is 2. The number of hydrogen-bond acceptors (Lipinski definition) is 3. The van der Waals surface area contributed by atoms with E-state index < -0.39 is 0 Å². The van der Waals surface area contributed by atoms with E-state index in [4.69, 9.17) is 0 Å². The predicted molar refractivity (Wildman–Crippen MR) is 111 cm³/mol. The standard InChI is InChI=1S/C23H27N3O3/c1-4-20-18(9-10-21(28)24-20)23(29)25-11-16-12-26(15(3)27)22(19(16)13-25)17-8-6-5-7-14(17)2/h5-10,16,19,22H,4,11-13H2,1-3H3,(H,24,28)/t16-,19-,22+/m1/s1. The molecule has 2 aliphatic heterocycles. The second-order valence-electron chi connectivity index (χ2n) is 8.18. The molecular formula is C23H27N3O3. The van der Waals surface area contributed by atoms with Crippen LogP contribution in [0, 0.1) is 18.8 Å². The van der Waals surface area contributed by atoms with E-state index in [0.29, 0.717) is 37.3 Å². The zero-order chi connectivity index (χ0) is 20.7. The number of nitrogens with one attached hydrogen (secondary N) is 1. The van der Waals surface area contributed by atoms with Crippen molar-refractivity contribution in [3.05, 3.63) is 69.1 Å². The number of carbonyl (C=O) groups excluding carboxylic acids is 2. The second kappa shape index (κ2) is 7.50. The summed E-state index contributed by atoms with van der Waals surface area (Å²) in [6.07, 6.45) is 0.599. The fourth-order valence-electron chi connectivity index (χ4n) is 5.02. The van der Waals surface area contributed by atoms with E-state index in [2.05, 4.69) is 24.0 Å². The molecule has 1 N–H and O–H groups in total. The molecule has 0 radical (unpaired) electrons. The van der Waals surface area contributed by atoms with Gasteiger partial charge in [0.05, 0.1) is 11.6 Å². The second-order valence-corrected chi connectivity index (χ2v) is 8.18. The van der Waals surface area contributed by atoms with Crippen LogP contribution < -0.4 is 5.56 Å². The van der Waals surface area contributed by atoms with E-state index in [9.17, 15) is 14.4 Å². The quantitative estimate of drug-likeness (QED) is 0.871. The van der Waals surface area contributed by atoms with Crippen LogP contribution in [-0.4, -0.2) is 46.2 Å². The first kappa shape index (κ1) is 19.4. The third-order valence-electron chi connectivity index (χ3n) is 6.45. The van der Waals surface area contributed by atoms with Gasteiger partial charge in [-0.15, -0.1) is 0 Å². The molecule has 2 fully saturated rings. The van der Waals surface area contributed by atoms with Crippen molar-refractivity contribution in [3.8, 4) is 0 Å². The van der Waals surface area contributed by atoms with Crippen molar-refractivity contribution in [3.63, 3.8) is 0 Å². The topological polar surface area (TPSA) is 73.5 Å². The molecule has 1 aromatic heterocycles. The summed E-state index contributed by atoms with van der Waals surface area (Å²) < 4.78 is 0. The Kier molecular flexibility index (Phi) is 5.03. The molecule has 0 aliphatic carbocycles. The highest BCUT2D eigenvalue weighted by Gasteiger charge is 2.49. The zero-order valence-electron chi connectivity index (χ0n) is 17.1. The van der Waals surface area contributed by atoms with Crippen LogP contribution in [0.3, 0.4) is 0 Å². The van der Waals surface area contributed by atoms with Gasteiger partial charge in [-0.2, -0.15) is 0 Å². The number of amides is 2. The van der Waals surface area contributed by atoms with Gasteiger partial charge in [-0.25, -0.2) is 0 Å². The molecule has 4 rings (SSSR count). The minimum Gasteiger partial charge on any atom is -0.338 e. The highest BCUT2D eigenvalue weighted by atomic mass is 16.2. The molecule has 3 heterocycles. The molecule has 0 bridgehead atoms. The summed E-state index contributed by atoms with van der Waals surface area (Å²) in [4.78, 5) is 43.8. The van der Waals surface area contributed by atoms with Crippen LogP contribution in [0.25, 0.3) is 0 Å². The van der Waals surface area contributed by atoms with Gasteiger partial charge in [0.1, 0.15) is 0 Å². The number of fused-ring (bicyclic) bond motifs is 1. The molecule has 29 heavy (non-hydrogen) atoms. The molecule has 0 spiro atoms. The van der Waals surface area contributed by atoms with E-state index in [1.54, 1.807) is 13.0 Å². The summed E-state index contributed by atoms with van der Waals surface area (Å²) in [7, 11) is 0. The van der Waals surface area contributed by atoms with Crippen molar-refractivity contribution in [2.45, 2.75) is 33.2 Å². The summed E-state index contributed by atoms with van der Waals surface area (Å²) in [6.45, 7) is 7.57. The number of pyridine rings is 1. The zero-order valence-corrected chi connectivity index (χ0v) is 17.1.